The molecule has 34 valence electrons. The maximum absolute atomic E-state index is 9.31. The van der Waals surface area contributed by atoms with Gasteiger partial charge in [0.25, 0.3) is 0 Å². The molecular formula is C2H2O3S. The molecule has 0 bridgehead atoms. The zero-order valence-corrected chi connectivity index (χ0v) is 3.60. The molecular weight excluding hydrogens is 104 g/mol. The standard InChI is InChI=1S/C2H2O3S/c3-1-2-6(4)5/h1-2H. The molecule has 6 heavy (non-hydrogen) atoms. The van der Waals surface area contributed by atoms with Crippen LogP contribution in [0.4, 0.5) is 0 Å². The van der Waals surface area contributed by atoms with Gasteiger partial charge in [-0.2, -0.15) is 8.42 Å². The maximum Gasteiger partial charge on any atom is 0.217 e. The van der Waals surface area contributed by atoms with E-state index in [-0.39, 0.29) is 6.29 Å². The van der Waals surface area contributed by atoms with Gasteiger partial charge in [-0.05, 0) is 0 Å². The zero-order chi connectivity index (χ0) is 4.99. The summed E-state index contributed by atoms with van der Waals surface area (Å²) in [5, 5.41) is 0.528. The van der Waals surface area contributed by atoms with Crippen LogP contribution in [0.3, 0.4) is 0 Å². The lowest BCUT2D eigenvalue weighted by Gasteiger charge is -1.41. The predicted molar refractivity (Wildman–Crippen MR) is 21.0 cm³/mol. The van der Waals surface area contributed by atoms with E-state index >= 15 is 0 Å². The van der Waals surface area contributed by atoms with Crippen LogP contribution in [0.25, 0.3) is 0 Å². The quantitative estimate of drug-likeness (QED) is 0.314. The van der Waals surface area contributed by atoms with Gasteiger partial charge in [0.05, 0.1) is 5.37 Å². The number of hydrogen-bond donors (Lipinski definition) is 0. The van der Waals surface area contributed by atoms with E-state index in [1.54, 1.807) is 0 Å². The molecule has 4 heteroatoms. The Morgan fingerprint density at radius 2 is 1.83 bits per heavy atom. The Bertz CT molecular complexity index is 144. The highest BCUT2D eigenvalue weighted by Crippen LogP contribution is 1.29. The van der Waals surface area contributed by atoms with E-state index in [1.165, 1.54) is 0 Å². The van der Waals surface area contributed by atoms with Crippen molar-refractivity contribution in [3.05, 3.63) is 0 Å². The van der Waals surface area contributed by atoms with Gasteiger partial charge < -0.3 is 0 Å². The van der Waals surface area contributed by atoms with Crippen LogP contribution in [0, 0.1) is 0 Å². The molecule has 0 rings (SSSR count). The number of rotatable bonds is 1. The normalized spacial score (nSPS) is 6.67. The van der Waals surface area contributed by atoms with Crippen molar-refractivity contribution >= 4 is 21.9 Å². The summed E-state index contributed by atoms with van der Waals surface area (Å²) in [5.41, 5.74) is 0. The fourth-order valence-corrected chi connectivity index (χ4v) is 0.136. The molecule has 0 aliphatic rings. The van der Waals surface area contributed by atoms with Gasteiger partial charge in [-0.1, -0.05) is 0 Å². The first-order valence-electron chi connectivity index (χ1n) is 1.14. The first kappa shape index (κ1) is 5.36. The van der Waals surface area contributed by atoms with E-state index in [4.69, 9.17) is 4.79 Å². The van der Waals surface area contributed by atoms with Crippen molar-refractivity contribution < 1.29 is 13.2 Å². The van der Waals surface area contributed by atoms with Crippen LogP contribution in [-0.2, 0) is 15.1 Å². The zero-order valence-electron chi connectivity index (χ0n) is 2.79. The molecule has 0 aliphatic heterocycles. The summed E-state index contributed by atoms with van der Waals surface area (Å²) in [4.78, 5) is 9.17. The predicted octanol–water partition coefficient (Wildman–Crippen LogP) is -1.13. The first-order chi connectivity index (χ1) is 2.77. The first-order valence-corrected chi connectivity index (χ1v) is 2.28. The van der Waals surface area contributed by atoms with Crippen molar-refractivity contribution in [3.63, 3.8) is 0 Å². The van der Waals surface area contributed by atoms with Gasteiger partial charge in [0.1, 0.15) is 0 Å². The Balaban J connectivity index is 4.17. The lowest BCUT2D eigenvalue weighted by molar-refractivity contribution is -0.102. The Hall–Kier alpha value is -0.640. The van der Waals surface area contributed by atoms with Gasteiger partial charge in [0, 0.05) is 0 Å². The molecule has 0 N–H and O–H groups in total. The number of carbonyl (C=O) groups excluding carboxylic acids is 1. The van der Waals surface area contributed by atoms with Gasteiger partial charge >= 0.3 is 0 Å². The molecule has 0 aromatic rings. The molecule has 0 saturated carbocycles. The molecule has 0 aromatic heterocycles. The van der Waals surface area contributed by atoms with Gasteiger partial charge in [0.2, 0.25) is 10.3 Å². The second-order valence-electron chi connectivity index (χ2n) is 0.533. The minimum absolute atomic E-state index is 0.211. The average molecular weight is 106 g/mol. The molecule has 0 amide bonds. The molecule has 0 aliphatic carbocycles. The second-order valence-corrected chi connectivity index (χ2v) is 1.33. The molecule has 0 heterocycles. The monoisotopic (exact) mass is 106 g/mol. The highest BCUT2D eigenvalue weighted by molar-refractivity contribution is 7.72. The van der Waals surface area contributed by atoms with Gasteiger partial charge in [0.15, 0.2) is 6.29 Å². The fraction of sp³-hybridized carbons (Fsp3) is 0. The summed E-state index contributed by atoms with van der Waals surface area (Å²) in [6.07, 6.45) is 0.211. The molecule has 0 atom stereocenters. The topological polar surface area (TPSA) is 51.2 Å². The van der Waals surface area contributed by atoms with E-state index in [2.05, 4.69) is 0 Å². The highest BCUT2D eigenvalue weighted by Gasteiger charge is 1.59. The van der Waals surface area contributed by atoms with Crippen molar-refractivity contribution in [1.29, 1.82) is 0 Å². The van der Waals surface area contributed by atoms with Gasteiger partial charge in [-0.15, -0.1) is 0 Å². The summed E-state index contributed by atoms with van der Waals surface area (Å²) in [6.45, 7) is 0. The van der Waals surface area contributed by atoms with Crippen molar-refractivity contribution in [2.45, 2.75) is 0 Å². The third-order valence-corrected chi connectivity index (χ3v) is 0.500. The number of hydrogen-bond acceptors (Lipinski definition) is 3. The van der Waals surface area contributed by atoms with Crippen LogP contribution >= 0.6 is 0 Å². The minimum Gasteiger partial charge on any atom is -0.297 e. The van der Waals surface area contributed by atoms with Crippen molar-refractivity contribution in [3.8, 4) is 0 Å². The Labute approximate surface area is 36.1 Å². The maximum atomic E-state index is 9.31. The number of aldehydes is 1. The summed E-state index contributed by atoms with van der Waals surface area (Å²) < 4.78 is 18.6. The van der Waals surface area contributed by atoms with Crippen LogP contribution < -0.4 is 0 Å². The molecule has 0 saturated heterocycles. The largest absolute Gasteiger partial charge is 0.297 e. The van der Waals surface area contributed by atoms with Gasteiger partial charge in [-0.3, -0.25) is 4.79 Å². The molecule has 0 fully saturated rings. The molecule has 0 radical (unpaired) electrons. The third-order valence-electron chi connectivity index (χ3n) is 0.167. The average Bonchev–Trinajstić information content (AvgIpc) is 1.35. The SMILES string of the molecule is O=CC=S(=O)=O. The highest BCUT2D eigenvalue weighted by atomic mass is 32.2. The van der Waals surface area contributed by atoms with Crippen LogP contribution in [-0.4, -0.2) is 20.1 Å². The van der Waals surface area contributed by atoms with E-state index < -0.39 is 10.3 Å². The lowest BCUT2D eigenvalue weighted by atomic mass is 10.9. The molecule has 0 spiro atoms. The van der Waals surface area contributed by atoms with Crippen LogP contribution in [0.15, 0.2) is 0 Å². The molecule has 0 aromatic carbocycles. The van der Waals surface area contributed by atoms with Crippen molar-refractivity contribution in [2.24, 2.45) is 0 Å². The summed E-state index contributed by atoms with van der Waals surface area (Å²) in [5.74, 6) is 0. The van der Waals surface area contributed by atoms with E-state index in [1.807, 2.05) is 0 Å². The lowest BCUT2D eigenvalue weighted by Crippen LogP contribution is -1.70. The van der Waals surface area contributed by atoms with Crippen LogP contribution in [0.2, 0.25) is 0 Å². The smallest absolute Gasteiger partial charge is 0.217 e. The Kier molecular flexibility index (Phi) is 2.31. The van der Waals surface area contributed by atoms with Crippen LogP contribution in [0.5, 0.6) is 0 Å². The summed E-state index contributed by atoms with van der Waals surface area (Å²) in [6, 6.07) is 0. The summed E-state index contributed by atoms with van der Waals surface area (Å²) in [7, 11) is -2.31. The second kappa shape index (κ2) is 2.59. The molecule has 0 unspecified atom stereocenters. The van der Waals surface area contributed by atoms with Crippen molar-refractivity contribution in [1.82, 2.24) is 0 Å². The molecule has 3 nitrogen and oxygen atoms in total. The Morgan fingerprint density at radius 3 is 1.83 bits per heavy atom. The third kappa shape index (κ3) is 3.36. The van der Waals surface area contributed by atoms with Crippen molar-refractivity contribution in [2.75, 3.05) is 0 Å². The van der Waals surface area contributed by atoms with Gasteiger partial charge in [-0.25, -0.2) is 0 Å². The van der Waals surface area contributed by atoms with E-state index in [0.717, 1.165) is 0 Å². The Morgan fingerprint density at radius 1 is 1.33 bits per heavy atom. The van der Waals surface area contributed by atoms with E-state index in [9.17, 15) is 8.42 Å². The van der Waals surface area contributed by atoms with Crippen LogP contribution in [0.1, 0.15) is 0 Å². The minimum atomic E-state index is -2.31. The fourth-order valence-electron chi connectivity index (χ4n) is 0.0454. The summed E-state index contributed by atoms with van der Waals surface area (Å²) >= 11 is 0. The number of carbonyl (C=O) groups is 1. The van der Waals surface area contributed by atoms with E-state index in [0.29, 0.717) is 5.37 Å².